The fraction of sp³-hybridized carbons (Fsp3) is 0.310. The zero-order chi connectivity index (χ0) is 31.9. The van der Waals surface area contributed by atoms with Crippen molar-refractivity contribution in [3.63, 3.8) is 0 Å². The molecule has 232 valence electrons. The number of aliphatic imine (C=N–C) groups is 1. The van der Waals surface area contributed by atoms with Gasteiger partial charge in [0.15, 0.2) is 17.4 Å². The lowest BCUT2D eigenvalue weighted by Gasteiger charge is -2.21. The molecule has 0 aliphatic rings. The van der Waals surface area contributed by atoms with Crippen LogP contribution in [0.4, 0.5) is 14.9 Å². The number of anilines is 1. The number of carbonyl (C=O) groups is 1. The van der Waals surface area contributed by atoms with E-state index in [2.05, 4.69) is 30.4 Å². The van der Waals surface area contributed by atoms with Gasteiger partial charge in [-0.15, -0.1) is 9.78 Å². The molecule has 1 atom stereocenters. The lowest BCUT2D eigenvalue weighted by molar-refractivity contribution is 0.115. The van der Waals surface area contributed by atoms with Crippen molar-refractivity contribution in [2.45, 2.75) is 26.8 Å². The first-order chi connectivity index (χ1) is 21.0. The topological polar surface area (TPSA) is 192 Å². The quantitative estimate of drug-likeness (QED) is 0.145. The molecule has 0 aliphatic carbocycles. The van der Waals surface area contributed by atoms with Crippen LogP contribution in [0.15, 0.2) is 64.6 Å². The van der Waals surface area contributed by atoms with Gasteiger partial charge >= 0.3 is 11.8 Å². The predicted octanol–water partition coefficient (Wildman–Crippen LogP) is 2.96. The van der Waals surface area contributed by atoms with Crippen molar-refractivity contribution in [3.05, 3.63) is 88.1 Å². The molecular formula is C29H33FN8O6. The number of aliphatic hydroxyl groups is 1. The Hall–Kier alpha value is -5.31. The number of benzene rings is 2. The lowest BCUT2D eigenvalue weighted by atomic mass is 9.99. The second-order valence-corrected chi connectivity index (χ2v) is 10.6. The van der Waals surface area contributed by atoms with Crippen molar-refractivity contribution in [2.24, 2.45) is 16.1 Å². The predicted molar refractivity (Wildman–Crippen MR) is 159 cm³/mol. The molecular weight excluding hydrogens is 575 g/mol. The van der Waals surface area contributed by atoms with E-state index in [-0.39, 0.29) is 59.9 Å². The maximum atomic E-state index is 15.9. The van der Waals surface area contributed by atoms with E-state index < -0.39 is 23.6 Å². The van der Waals surface area contributed by atoms with E-state index in [0.29, 0.717) is 11.3 Å². The summed E-state index contributed by atoms with van der Waals surface area (Å²) in [6.45, 7) is 5.43. The Labute approximate surface area is 251 Å². The van der Waals surface area contributed by atoms with Gasteiger partial charge in [-0.25, -0.2) is 23.9 Å². The Bertz CT molecular complexity index is 1670. The Morgan fingerprint density at radius 3 is 2.55 bits per heavy atom. The molecule has 0 radical (unpaired) electrons. The first-order valence-corrected chi connectivity index (χ1v) is 13.4. The van der Waals surface area contributed by atoms with Crippen LogP contribution >= 0.6 is 0 Å². The molecule has 1 unspecified atom stereocenters. The minimum absolute atomic E-state index is 0.0111. The zero-order valence-corrected chi connectivity index (χ0v) is 24.6. The number of hydrogen-bond donors (Lipinski definition) is 4. The summed E-state index contributed by atoms with van der Waals surface area (Å²) in [4.78, 5) is 39.5. The van der Waals surface area contributed by atoms with Crippen LogP contribution in [0.2, 0.25) is 0 Å². The van der Waals surface area contributed by atoms with Crippen molar-refractivity contribution >= 4 is 17.6 Å². The summed E-state index contributed by atoms with van der Waals surface area (Å²) in [6.07, 6.45) is 2.09. The molecule has 0 fully saturated rings. The molecule has 0 bridgehead atoms. The summed E-state index contributed by atoms with van der Waals surface area (Å²) in [7, 11) is 1.40. The normalized spacial score (nSPS) is 12.5. The van der Waals surface area contributed by atoms with Crippen molar-refractivity contribution in [2.75, 3.05) is 32.2 Å². The maximum absolute atomic E-state index is 15.9. The molecule has 14 nitrogen and oxygen atoms in total. The number of nitrogens with one attached hydrogen (secondary N) is 2. The summed E-state index contributed by atoms with van der Waals surface area (Å²) in [6, 6.07) is 9.72. The minimum atomic E-state index is -1.09. The fourth-order valence-electron chi connectivity index (χ4n) is 3.86. The van der Waals surface area contributed by atoms with Gasteiger partial charge in [0.2, 0.25) is 0 Å². The van der Waals surface area contributed by atoms with Gasteiger partial charge < -0.3 is 30.4 Å². The van der Waals surface area contributed by atoms with E-state index in [1.54, 1.807) is 30.3 Å². The van der Waals surface area contributed by atoms with Gasteiger partial charge in [-0.1, -0.05) is 20.8 Å². The molecule has 0 saturated heterocycles. The van der Waals surface area contributed by atoms with Crippen LogP contribution < -0.4 is 26.2 Å². The monoisotopic (exact) mass is 608 g/mol. The number of halogens is 1. The van der Waals surface area contributed by atoms with E-state index >= 15 is 4.39 Å². The number of methoxy groups -OCH3 is 1. The molecule has 0 spiro atoms. The summed E-state index contributed by atoms with van der Waals surface area (Å²) in [5.74, 6) is -0.711. The third-order valence-corrected chi connectivity index (χ3v) is 5.92. The van der Waals surface area contributed by atoms with Crippen LogP contribution in [0.5, 0.6) is 11.5 Å². The van der Waals surface area contributed by atoms with Crippen LogP contribution in [-0.4, -0.2) is 68.7 Å². The Morgan fingerprint density at radius 1 is 1.20 bits per heavy atom. The molecule has 0 aliphatic heterocycles. The van der Waals surface area contributed by atoms with Gasteiger partial charge in [-0.05, 0) is 41.8 Å². The van der Waals surface area contributed by atoms with Gasteiger partial charge in [0, 0.05) is 35.3 Å². The number of nitrogens with two attached hydrogens (primary N) is 1. The fourth-order valence-corrected chi connectivity index (χ4v) is 3.86. The van der Waals surface area contributed by atoms with E-state index in [0.717, 1.165) is 4.68 Å². The summed E-state index contributed by atoms with van der Waals surface area (Å²) >= 11 is 0. The van der Waals surface area contributed by atoms with E-state index in [1.165, 1.54) is 31.6 Å². The Morgan fingerprint density at radius 2 is 1.91 bits per heavy atom. The Balaban J connectivity index is 1.71. The zero-order valence-electron chi connectivity index (χ0n) is 24.6. The van der Waals surface area contributed by atoms with Crippen LogP contribution in [0, 0.1) is 11.2 Å². The van der Waals surface area contributed by atoms with Gasteiger partial charge in [-0.2, -0.15) is 4.99 Å². The largest absolute Gasteiger partial charge is 0.497 e. The van der Waals surface area contributed by atoms with Crippen LogP contribution in [0.1, 0.15) is 43.8 Å². The number of aliphatic hydroxyl groups excluding tert-OH is 1. The first-order valence-electron chi connectivity index (χ1n) is 13.4. The number of ether oxygens (including phenoxy) is 3. The van der Waals surface area contributed by atoms with Gasteiger partial charge in [0.25, 0.3) is 5.95 Å². The van der Waals surface area contributed by atoms with E-state index in [9.17, 15) is 14.7 Å². The molecule has 0 saturated carbocycles. The van der Waals surface area contributed by atoms with E-state index in [1.807, 2.05) is 20.8 Å². The molecule has 2 aromatic carbocycles. The van der Waals surface area contributed by atoms with Crippen LogP contribution in [0.3, 0.4) is 0 Å². The van der Waals surface area contributed by atoms with Crippen LogP contribution in [0.25, 0.3) is 5.95 Å². The minimum Gasteiger partial charge on any atom is -0.497 e. The number of aromatic amines is 1. The SMILES string of the molecule is COc1cc(OCCO)c(F)c(C(Nc2ccc(C(N)=NC(=O)OCC(C)(C)C)cc2)c2nn(-c3ncccn3)c(=O)[nH]2)c1. The number of aromatic nitrogens is 5. The van der Waals surface area contributed by atoms with Crippen molar-refractivity contribution in [3.8, 4) is 17.4 Å². The van der Waals surface area contributed by atoms with Crippen molar-refractivity contribution in [1.82, 2.24) is 24.7 Å². The highest BCUT2D eigenvalue weighted by molar-refractivity contribution is 6.02. The second-order valence-electron chi connectivity index (χ2n) is 10.6. The second kappa shape index (κ2) is 13.8. The van der Waals surface area contributed by atoms with Crippen LogP contribution in [-0.2, 0) is 4.74 Å². The number of carbonyl (C=O) groups excluding carboxylic acids is 1. The molecule has 1 amide bonds. The van der Waals surface area contributed by atoms with E-state index in [4.69, 9.17) is 19.9 Å². The molecule has 5 N–H and O–H groups in total. The molecule has 2 aromatic heterocycles. The van der Waals surface area contributed by atoms with Gasteiger partial charge in [-0.3, -0.25) is 4.98 Å². The molecule has 2 heterocycles. The van der Waals surface area contributed by atoms with Gasteiger partial charge in [0.1, 0.15) is 24.2 Å². The number of H-pyrrole nitrogens is 1. The highest BCUT2D eigenvalue weighted by Gasteiger charge is 2.27. The molecule has 15 heteroatoms. The number of rotatable bonds is 11. The molecule has 4 aromatic rings. The number of nitrogens with zero attached hydrogens (tertiary/aromatic N) is 5. The number of amides is 1. The third-order valence-electron chi connectivity index (χ3n) is 5.92. The summed E-state index contributed by atoms with van der Waals surface area (Å²) < 4.78 is 32.7. The number of amidine groups is 1. The number of hydrogen-bond acceptors (Lipinski definition) is 10. The highest BCUT2D eigenvalue weighted by atomic mass is 19.1. The maximum Gasteiger partial charge on any atom is 0.435 e. The lowest BCUT2D eigenvalue weighted by Crippen LogP contribution is -2.20. The summed E-state index contributed by atoms with van der Waals surface area (Å²) in [5.41, 5.74) is 6.05. The first kappa shape index (κ1) is 31.6. The molecule has 44 heavy (non-hydrogen) atoms. The van der Waals surface area contributed by atoms with Crippen molar-refractivity contribution in [1.29, 1.82) is 0 Å². The smallest absolute Gasteiger partial charge is 0.435 e. The third kappa shape index (κ3) is 7.95. The Kier molecular flexibility index (Phi) is 9.90. The molecule has 4 rings (SSSR count). The average Bonchev–Trinajstić information content (AvgIpc) is 3.40. The standard InChI is InChI=1S/C29H33FN8O6/c1-29(2,3)16-44-28(41)35-24(31)17-6-8-18(9-7-17)34-23(20-14-19(42-4)15-21(22(20)30)43-13-12-39)25-36-27(40)38(37-25)26-32-10-5-11-33-26/h5-11,14-15,23,34,39H,12-13,16H2,1-4H3,(H2,31,35,41)(H,36,37,40). The average molecular weight is 609 g/mol. The van der Waals surface area contributed by atoms with Crippen molar-refractivity contribution < 1.29 is 28.5 Å². The highest BCUT2D eigenvalue weighted by Crippen LogP contribution is 2.35. The van der Waals surface area contributed by atoms with Gasteiger partial charge in [0.05, 0.1) is 20.3 Å². The summed E-state index contributed by atoms with van der Waals surface area (Å²) in [5, 5.41) is 16.7.